The van der Waals surface area contributed by atoms with Crippen molar-refractivity contribution in [1.82, 2.24) is 0 Å². The maximum absolute atomic E-state index is 12.4. The smallest absolute Gasteiger partial charge is 0.162 e. The van der Waals surface area contributed by atoms with Gasteiger partial charge in [0.25, 0.3) is 0 Å². The largest absolute Gasteiger partial charge is 0.509 e. The summed E-state index contributed by atoms with van der Waals surface area (Å²) in [5.41, 5.74) is -0.749. The molecule has 5 unspecified atom stereocenters. The first-order valence-corrected chi connectivity index (χ1v) is 10.2. The number of aliphatic hydroxyl groups is 4. The zero-order valence-corrected chi connectivity index (χ0v) is 17.7. The molecule has 0 fully saturated rings. The van der Waals surface area contributed by atoms with E-state index in [-0.39, 0.29) is 29.8 Å². The number of ether oxygens (including phenoxy) is 1. The lowest BCUT2D eigenvalue weighted by Crippen LogP contribution is -2.37. The molecule has 28 heavy (non-hydrogen) atoms. The van der Waals surface area contributed by atoms with Gasteiger partial charge in [-0.3, -0.25) is 4.79 Å². The fraction of sp³-hybridized carbons (Fsp3) is 0.773. The number of hydrogen-bond acceptors (Lipinski definition) is 6. The zero-order chi connectivity index (χ0) is 21.3. The van der Waals surface area contributed by atoms with Gasteiger partial charge in [0.2, 0.25) is 0 Å². The molecular formula is C22H36O6. The summed E-state index contributed by atoms with van der Waals surface area (Å²) in [6, 6.07) is 0. The van der Waals surface area contributed by atoms with E-state index in [0.717, 1.165) is 5.57 Å². The molecule has 0 saturated heterocycles. The molecule has 5 atom stereocenters. The summed E-state index contributed by atoms with van der Waals surface area (Å²) in [5.74, 6) is -0.294. The predicted molar refractivity (Wildman–Crippen MR) is 107 cm³/mol. The Balaban J connectivity index is 2.17. The number of rotatable bonds is 8. The lowest BCUT2D eigenvalue weighted by molar-refractivity contribution is -0.118. The third-order valence-electron chi connectivity index (χ3n) is 6.44. The molecule has 0 aromatic heterocycles. The van der Waals surface area contributed by atoms with Crippen molar-refractivity contribution in [2.75, 3.05) is 7.11 Å². The van der Waals surface area contributed by atoms with Crippen molar-refractivity contribution in [3.63, 3.8) is 0 Å². The van der Waals surface area contributed by atoms with Crippen LogP contribution in [-0.2, 0) is 9.53 Å². The molecule has 0 spiro atoms. The van der Waals surface area contributed by atoms with Gasteiger partial charge in [0, 0.05) is 25.0 Å². The Morgan fingerprint density at radius 3 is 2.57 bits per heavy atom. The molecule has 2 rings (SSSR count). The van der Waals surface area contributed by atoms with Crippen LogP contribution in [0, 0.1) is 11.8 Å². The molecule has 6 nitrogen and oxygen atoms in total. The van der Waals surface area contributed by atoms with Crippen LogP contribution in [-0.4, -0.2) is 56.7 Å². The van der Waals surface area contributed by atoms with Gasteiger partial charge < -0.3 is 25.2 Å². The van der Waals surface area contributed by atoms with E-state index < -0.39 is 23.4 Å². The number of aliphatic hydroxyl groups excluding tert-OH is 2. The number of carbonyl (C=O) groups is 1. The van der Waals surface area contributed by atoms with Crippen LogP contribution < -0.4 is 0 Å². The minimum absolute atomic E-state index is 0.00842. The van der Waals surface area contributed by atoms with Gasteiger partial charge in [0.05, 0.1) is 17.3 Å². The highest BCUT2D eigenvalue weighted by molar-refractivity contribution is 5.97. The van der Waals surface area contributed by atoms with Crippen LogP contribution in [0.1, 0.15) is 66.2 Å². The molecular weight excluding hydrogens is 360 g/mol. The van der Waals surface area contributed by atoms with E-state index in [9.17, 15) is 25.2 Å². The summed E-state index contributed by atoms with van der Waals surface area (Å²) in [6.07, 6.45) is 3.39. The second-order valence-electron chi connectivity index (χ2n) is 9.22. The lowest BCUT2D eigenvalue weighted by Gasteiger charge is -2.33. The highest BCUT2D eigenvalue weighted by Gasteiger charge is 2.42. The average molecular weight is 397 g/mol. The molecule has 0 bridgehead atoms. The fourth-order valence-corrected chi connectivity index (χ4v) is 4.32. The van der Waals surface area contributed by atoms with E-state index in [2.05, 4.69) is 0 Å². The van der Waals surface area contributed by atoms with Crippen LogP contribution in [0.2, 0.25) is 0 Å². The molecule has 0 radical (unpaired) electrons. The Morgan fingerprint density at radius 1 is 1.36 bits per heavy atom. The Kier molecular flexibility index (Phi) is 7.13. The Bertz CT molecular complexity index is 640. The predicted octanol–water partition coefficient (Wildman–Crippen LogP) is 2.81. The molecule has 0 aromatic rings. The minimum atomic E-state index is -1.16. The van der Waals surface area contributed by atoms with Crippen molar-refractivity contribution in [3.05, 3.63) is 23.0 Å². The summed E-state index contributed by atoms with van der Waals surface area (Å²) in [7, 11) is 1.52. The van der Waals surface area contributed by atoms with E-state index in [1.807, 2.05) is 13.0 Å². The molecule has 2 aliphatic rings. The topological polar surface area (TPSA) is 107 Å². The normalized spacial score (nSPS) is 31.1. The number of allylic oxidation sites excluding steroid dienone is 1. The van der Waals surface area contributed by atoms with Gasteiger partial charge in [-0.25, -0.2) is 0 Å². The SMILES string of the molecule is COC1CCC(=O)C(CC2C(C(C)CCC(O)C(C)(C)O)=CCC2(C)O)=C1O. The van der Waals surface area contributed by atoms with Crippen molar-refractivity contribution < 1.29 is 30.0 Å². The quantitative estimate of drug-likeness (QED) is 0.470. The van der Waals surface area contributed by atoms with Gasteiger partial charge in [-0.05, 0) is 58.8 Å². The fourth-order valence-electron chi connectivity index (χ4n) is 4.32. The van der Waals surface area contributed by atoms with E-state index >= 15 is 0 Å². The summed E-state index contributed by atoms with van der Waals surface area (Å²) in [4.78, 5) is 12.4. The van der Waals surface area contributed by atoms with Crippen molar-refractivity contribution in [2.45, 2.75) is 89.6 Å². The summed E-state index contributed by atoms with van der Waals surface area (Å²) in [5, 5.41) is 41.5. The van der Waals surface area contributed by atoms with Crippen molar-refractivity contribution in [2.24, 2.45) is 11.8 Å². The molecule has 0 aliphatic heterocycles. The molecule has 0 aromatic carbocycles. The molecule has 0 amide bonds. The monoisotopic (exact) mass is 396 g/mol. The number of ketones is 1. The van der Waals surface area contributed by atoms with Crippen molar-refractivity contribution in [1.29, 1.82) is 0 Å². The van der Waals surface area contributed by atoms with E-state index in [4.69, 9.17) is 4.74 Å². The molecule has 160 valence electrons. The average Bonchev–Trinajstić information content (AvgIpc) is 2.90. The number of carbonyl (C=O) groups excluding carboxylic acids is 1. The molecule has 6 heteroatoms. The molecule has 0 heterocycles. The van der Waals surface area contributed by atoms with Gasteiger partial charge >= 0.3 is 0 Å². The van der Waals surface area contributed by atoms with Gasteiger partial charge in [-0.15, -0.1) is 0 Å². The minimum Gasteiger partial charge on any atom is -0.509 e. The molecule has 2 aliphatic carbocycles. The second kappa shape index (κ2) is 8.66. The second-order valence-corrected chi connectivity index (χ2v) is 9.22. The van der Waals surface area contributed by atoms with Crippen molar-refractivity contribution >= 4 is 5.78 Å². The number of hydrogen-bond donors (Lipinski definition) is 4. The van der Waals surface area contributed by atoms with E-state index in [0.29, 0.717) is 37.7 Å². The summed E-state index contributed by atoms with van der Waals surface area (Å²) >= 11 is 0. The Labute approximate surface area is 167 Å². The Morgan fingerprint density at radius 2 is 2.00 bits per heavy atom. The van der Waals surface area contributed by atoms with Gasteiger partial charge in [-0.2, -0.15) is 0 Å². The maximum Gasteiger partial charge on any atom is 0.162 e. The first-order chi connectivity index (χ1) is 12.9. The van der Waals surface area contributed by atoms with Crippen molar-refractivity contribution in [3.8, 4) is 0 Å². The van der Waals surface area contributed by atoms with Crippen LogP contribution >= 0.6 is 0 Å². The van der Waals surface area contributed by atoms with E-state index in [1.165, 1.54) is 7.11 Å². The first kappa shape index (κ1) is 23.1. The van der Waals surface area contributed by atoms with Crippen LogP contribution in [0.15, 0.2) is 23.0 Å². The number of methoxy groups -OCH3 is 1. The molecule has 0 saturated carbocycles. The van der Waals surface area contributed by atoms with Crippen LogP contribution in [0.5, 0.6) is 0 Å². The van der Waals surface area contributed by atoms with E-state index in [1.54, 1.807) is 20.8 Å². The van der Waals surface area contributed by atoms with Gasteiger partial charge in [-0.1, -0.05) is 18.6 Å². The summed E-state index contributed by atoms with van der Waals surface area (Å²) < 4.78 is 5.28. The highest BCUT2D eigenvalue weighted by Crippen LogP contribution is 2.45. The third kappa shape index (κ3) is 5.03. The Hall–Kier alpha value is -1.21. The lowest BCUT2D eigenvalue weighted by atomic mass is 9.75. The van der Waals surface area contributed by atoms with Gasteiger partial charge in [0.15, 0.2) is 5.78 Å². The third-order valence-corrected chi connectivity index (χ3v) is 6.44. The zero-order valence-electron chi connectivity index (χ0n) is 17.7. The maximum atomic E-state index is 12.4. The number of Topliss-reactive ketones (excluding diaryl/α,β-unsaturated/α-hetero) is 1. The highest BCUT2D eigenvalue weighted by atomic mass is 16.5. The molecule has 4 N–H and O–H groups in total. The van der Waals surface area contributed by atoms with Crippen LogP contribution in [0.25, 0.3) is 0 Å². The summed E-state index contributed by atoms with van der Waals surface area (Å²) in [6.45, 7) is 6.96. The van der Waals surface area contributed by atoms with Crippen LogP contribution in [0.3, 0.4) is 0 Å². The van der Waals surface area contributed by atoms with Gasteiger partial charge in [0.1, 0.15) is 11.9 Å². The first-order valence-electron chi connectivity index (χ1n) is 10.2. The van der Waals surface area contributed by atoms with Crippen LogP contribution in [0.4, 0.5) is 0 Å². The standard InChI is InChI=1S/C22H36O6/c1-13(6-9-19(24)21(2,3)26)14-10-11-22(4,27)16(14)12-15-17(23)7-8-18(28-5)20(15)25/h10,13,16,18-19,24-27H,6-9,11-12H2,1-5H3.